The zero-order chi connectivity index (χ0) is 11.3. The van der Waals surface area contributed by atoms with Gasteiger partial charge >= 0.3 is 0 Å². The molecule has 0 saturated carbocycles. The summed E-state index contributed by atoms with van der Waals surface area (Å²) in [6, 6.07) is 2.24. The van der Waals surface area contributed by atoms with Gasteiger partial charge in [-0.25, -0.2) is 0 Å². The average Bonchev–Trinajstić information content (AvgIpc) is 2.45. The van der Waals surface area contributed by atoms with Crippen molar-refractivity contribution in [3.63, 3.8) is 0 Å². The van der Waals surface area contributed by atoms with Crippen molar-refractivity contribution in [1.82, 2.24) is 9.78 Å². The molecule has 0 radical (unpaired) electrons. The molecule has 1 aromatic heterocycles. The number of ether oxygens (including phenoxy) is 1. The molecular formula is C11H21N3O. The van der Waals surface area contributed by atoms with Gasteiger partial charge in [0.05, 0.1) is 5.69 Å². The summed E-state index contributed by atoms with van der Waals surface area (Å²) in [4.78, 5) is 0. The maximum absolute atomic E-state index is 6.00. The van der Waals surface area contributed by atoms with E-state index < -0.39 is 0 Å². The van der Waals surface area contributed by atoms with Crippen LogP contribution >= 0.6 is 0 Å². The molecule has 0 spiro atoms. The van der Waals surface area contributed by atoms with Gasteiger partial charge in [0.25, 0.3) is 0 Å². The van der Waals surface area contributed by atoms with E-state index in [-0.39, 0.29) is 6.04 Å². The van der Waals surface area contributed by atoms with Gasteiger partial charge in [0.15, 0.2) is 0 Å². The van der Waals surface area contributed by atoms with E-state index in [4.69, 9.17) is 10.5 Å². The highest BCUT2D eigenvalue weighted by Gasteiger charge is 2.08. The Kier molecular flexibility index (Phi) is 4.78. The molecule has 1 heterocycles. The van der Waals surface area contributed by atoms with Gasteiger partial charge in [0.1, 0.15) is 0 Å². The first kappa shape index (κ1) is 12.2. The van der Waals surface area contributed by atoms with Crippen LogP contribution in [0.4, 0.5) is 0 Å². The number of hydrogen-bond acceptors (Lipinski definition) is 3. The number of aromatic nitrogens is 2. The van der Waals surface area contributed by atoms with Crippen molar-refractivity contribution in [1.29, 1.82) is 0 Å². The first-order chi connectivity index (χ1) is 7.13. The SMILES string of the molecule is CCOCCC(N)Cc1cc(C)nn1C. The van der Waals surface area contributed by atoms with Gasteiger partial charge in [-0.2, -0.15) is 5.10 Å². The van der Waals surface area contributed by atoms with Gasteiger partial charge in [-0.15, -0.1) is 0 Å². The van der Waals surface area contributed by atoms with Crippen molar-refractivity contribution >= 4 is 0 Å². The quantitative estimate of drug-likeness (QED) is 0.715. The van der Waals surface area contributed by atoms with Crippen molar-refractivity contribution in [2.45, 2.75) is 32.7 Å². The lowest BCUT2D eigenvalue weighted by Gasteiger charge is -2.11. The number of hydrogen-bond donors (Lipinski definition) is 1. The van der Waals surface area contributed by atoms with E-state index in [9.17, 15) is 0 Å². The van der Waals surface area contributed by atoms with E-state index in [1.807, 2.05) is 25.6 Å². The van der Waals surface area contributed by atoms with Gasteiger partial charge in [-0.05, 0) is 26.3 Å². The normalized spacial score (nSPS) is 13.1. The van der Waals surface area contributed by atoms with Crippen LogP contribution in [0.5, 0.6) is 0 Å². The second-order valence-electron chi connectivity index (χ2n) is 3.85. The number of nitrogens with two attached hydrogens (primary N) is 1. The first-order valence-corrected chi connectivity index (χ1v) is 5.46. The topological polar surface area (TPSA) is 53.1 Å². The highest BCUT2D eigenvalue weighted by molar-refractivity contribution is 5.09. The third-order valence-electron chi connectivity index (χ3n) is 2.41. The predicted molar refractivity (Wildman–Crippen MR) is 60.7 cm³/mol. The predicted octanol–water partition coefficient (Wildman–Crippen LogP) is 1.02. The van der Waals surface area contributed by atoms with E-state index >= 15 is 0 Å². The Labute approximate surface area is 91.4 Å². The van der Waals surface area contributed by atoms with Crippen LogP contribution in [0.15, 0.2) is 6.07 Å². The van der Waals surface area contributed by atoms with Crippen LogP contribution in [-0.2, 0) is 18.2 Å². The summed E-state index contributed by atoms with van der Waals surface area (Å²) >= 11 is 0. The Hall–Kier alpha value is -0.870. The van der Waals surface area contributed by atoms with E-state index in [1.54, 1.807) is 0 Å². The van der Waals surface area contributed by atoms with Crippen LogP contribution < -0.4 is 5.73 Å². The minimum atomic E-state index is 0.159. The van der Waals surface area contributed by atoms with Crippen LogP contribution in [0.25, 0.3) is 0 Å². The molecular weight excluding hydrogens is 190 g/mol. The van der Waals surface area contributed by atoms with Crippen LogP contribution in [0.2, 0.25) is 0 Å². The Morgan fingerprint density at radius 3 is 2.87 bits per heavy atom. The van der Waals surface area contributed by atoms with Crippen LogP contribution in [0.1, 0.15) is 24.7 Å². The molecule has 15 heavy (non-hydrogen) atoms. The summed E-state index contributed by atoms with van der Waals surface area (Å²) in [6.07, 6.45) is 1.77. The molecule has 0 fully saturated rings. The Bertz CT molecular complexity index is 296. The molecule has 0 aliphatic carbocycles. The molecule has 0 bridgehead atoms. The van der Waals surface area contributed by atoms with Crippen molar-refractivity contribution in [2.75, 3.05) is 13.2 Å². The van der Waals surface area contributed by atoms with Crippen molar-refractivity contribution in [3.8, 4) is 0 Å². The lowest BCUT2D eigenvalue weighted by Crippen LogP contribution is -2.25. The molecule has 4 nitrogen and oxygen atoms in total. The Morgan fingerprint density at radius 2 is 2.33 bits per heavy atom. The largest absolute Gasteiger partial charge is 0.382 e. The Morgan fingerprint density at radius 1 is 1.60 bits per heavy atom. The van der Waals surface area contributed by atoms with Gasteiger partial charge < -0.3 is 10.5 Å². The fourth-order valence-corrected chi connectivity index (χ4v) is 1.61. The fraction of sp³-hybridized carbons (Fsp3) is 0.727. The second kappa shape index (κ2) is 5.88. The highest BCUT2D eigenvalue weighted by Crippen LogP contribution is 2.06. The van der Waals surface area contributed by atoms with E-state index in [0.29, 0.717) is 0 Å². The van der Waals surface area contributed by atoms with Crippen LogP contribution in [-0.4, -0.2) is 29.0 Å². The monoisotopic (exact) mass is 211 g/mol. The molecule has 0 aliphatic rings. The molecule has 86 valence electrons. The van der Waals surface area contributed by atoms with Crippen LogP contribution in [0.3, 0.4) is 0 Å². The molecule has 2 N–H and O–H groups in total. The summed E-state index contributed by atoms with van der Waals surface area (Å²) in [7, 11) is 1.96. The van der Waals surface area contributed by atoms with Gasteiger partial charge in [0.2, 0.25) is 0 Å². The first-order valence-electron chi connectivity index (χ1n) is 5.46. The molecule has 0 saturated heterocycles. The minimum Gasteiger partial charge on any atom is -0.382 e. The molecule has 1 atom stereocenters. The summed E-state index contributed by atoms with van der Waals surface area (Å²) in [5.41, 5.74) is 8.24. The highest BCUT2D eigenvalue weighted by atomic mass is 16.5. The maximum atomic E-state index is 6.00. The Balaban J connectivity index is 2.37. The molecule has 1 rings (SSSR count). The molecule has 1 unspecified atom stereocenters. The van der Waals surface area contributed by atoms with E-state index in [1.165, 1.54) is 5.69 Å². The summed E-state index contributed by atoms with van der Waals surface area (Å²) in [5.74, 6) is 0. The van der Waals surface area contributed by atoms with Gasteiger partial charge in [-0.1, -0.05) is 0 Å². The fourth-order valence-electron chi connectivity index (χ4n) is 1.61. The standard InChI is InChI=1S/C11H21N3O/c1-4-15-6-5-10(12)8-11-7-9(2)13-14(11)3/h7,10H,4-6,8,12H2,1-3H3. The summed E-state index contributed by atoms with van der Waals surface area (Å²) < 4.78 is 7.17. The van der Waals surface area contributed by atoms with Gasteiger partial charge in [0, 0.05) is 38.4 Å². The van der Waals surface area contributed by atoms with E-state index in [0.717, 1.165) is 31.7 Å². The van der Waals surface area contributed by atoms with Gasteiger partial charge in [-0.3, -0.25) is 4.68 Å². The second-order valence-corrected chi connectivity index (χ2v) is 3.85. The summed E-state index contributed by atoms with van der Waals surface area (Å²) in [5, 5.41) is 4.29. The third-order valence-corrected chi connectivity index (χ3v) is 2.41. The molecule has 0 aromatic carbocycles. The third kappa shape index (κ3) is 4.01. The number of rotatable bonds is 6. The van der Waals surface area contributed by atoms with Crippen LogP contribution in [0, 0.1) is 6.92 Å². The molecule has 0 amide bonds. The van der Waals surface area contributed by atoms with E-state index in [2.05, 4.69) is 11.2 Å². The molecule has 4 heteroatoms. The maximum Gasteiger partial charge on any atom is 0.0596 e. The lowest BCUT2D eigenvalue weighted by molar-refractivity contribution is 0.139. The lowest BCUT2D eigenvalue weighted by atomic mass is 10.1. The van der Waals surface area contributed by atoms with Crippen molar-refractivity contribution < 1.29 is 4.74 Å². The zero-order valence-corrected chi connectivity index (χ0v) is 9.86. The number of aryl methyl sites for hydroxylation is 2. The minimum absolute atomic E-state index is 0.159. The average molecular weight is 211 g/mol. The summed E-state index contributed by atoms with van der Waals surface area (Å²) in [6.45, 7) is 5.50. The molecule has 1 aromatic rings. The van der Waals surface area contributed by atoms with Crippen molar-refractivity contribution in [3.05, 3.63) is 17.5 Å². The molecule has 0 aliphatic heterocycles. The number of nitrogens with zero attached hydrogens (tertiary/aromatic N) is 2. The smallest absolute Gasteiger partial charge is 0.0596 e. The zero-order valence-electron chi connectivity index (χ0n) is 9.86. The van der Waals surface area contributed by atoms with Crippen molar-refractivity contribution in [2.24, 2.45) is 12.8 Å².